The van der Waals surface area contributed by atoms with Crippen LogP contribution in [-0.4, -0.2) is 31.5 Å². The van der Waals surface area contributed by atoms with Gasteiger partial charge in [0.25, 0.3) is 0 Å². The minimum Gasteiger partial charge on any atom is -0.455 e. The van der Waals surface area contributed by atoms with Gasteiger partial charge in [-0.05, 0) is 31.2 Å². The van der Waals surface area contributed by atoms with E-state index in [9.17, 15) is 22.8 Å². The first-order chi connectivity index (χ1) is 15.6. The van der Waals surface area contributed by atoms with Crippen molar-refractivity contribution in [2.75, 3.05) is 4.90 Å². The van der Waals surface area contributed by atoms with Crippen LogP contribution < -0.4 is 4.90 Å². The van der Waals surface area contributed by atoms with Gasteiger partial charge in [-0.3, -0.25) is 9.69 Å². The van der Waals surface area contributed by atoms with Crippen LogP contribution >= 0.6 is 11.3 Å². The normalized spacial score (nSPS) is 11.5. The molecule has 8 nitrogen and oxygen atoms in total. The molecule has 0 aliphatic rings. The summed E-state index contributed by atoms with van der Waals surface area (Å²) in [5, 5.41) is 5.93. The van der Waals surface area contributed by atoms with E-state index in [2.05, 4.69) is 15.1 Å². The molecule has 0 radical (unpaired) electrons. The van der Waals surface area contributed by atoms with Crippen LogP contribution in [0.25, 0.3) is 5.65 Å². The zero-order valence-corrected chi connectivity index (χ0v) is 18.1. The van der Waals surface area contributed by atoms with Crippen molar-refractivity contribution in [3.63, 3.8) is 0 Å². The number of hydrogen-bond donors (Lipinski definition) is 0. The summed E-state index contributed by atoms with van der Waals surface area (Å²) in [6.45, 7) is 2.68. The molecule has 0 bridgehead atoms. The van der Waals surface area contributed by atoms with E-state index >= 15 is 0 Å². The summed E-state index contributed by atoms with van der Waals surface area (Å²) in [4.78, 5) is 34.3. The fourth-order valence-corrected chi connectivity index (χ4v) is 4.03. The number of hydrogen-bond acceptors (Lipinski definition) is 7. The Morgan fingerprint density at radius 2 is 2.03 bits per heavy atom. The summed E-state index contributed by atoms with van der Waals surface area (Å²) < 4.78 is 46.1. The maximum Gasteiger partial charge on any atom is 0.416 e. The lowest BCUT2D eigenvalue weighted by molar-refractivity contribution is -0.137. The molecule has 33 heavy (non-hydrogen) atoms. The fourth-order valence-electron chi connectivity index (χ4n) is 3.16. The van der Waals surface area contributed by atoms with Crippen molar-refractivity contribution < 1.29 is 27.5 Å². The van der Waals surface area contributed by atoms with Crippen LogP contribution in [0.4, 0.5) is 24.0 Å². The summed E-state index contributed by atoms with van der Waals surface area (Å²) in [5.74, 6) is -1.16. The van der Waals surface area contributed by atoms with Gasteiger partial charge in [0.2, 0.25) is 5.91 Å². The van der Waals surface area contributed by atoms with Crippen LogP contribution in [0.15, 0.2) is 48.1 Å². The van der Waals surface area contributed by atoms with Crippen molar-refractivity contribution in [2.45, 2.75) is 26.6 Å². The smallest absolute Gasteiger partial charge is 0.416 e. The number of ether oxygens (including phenoxy) is 1. The third-order valence-corrected chi connectivity index (χ3v) is 5.48. The lowest BCUT2D eigenvalue weighted by Gasteiger charge is -2.19. The minimum absolute atomic E-state index is 0.0308. The van der Waals surface area contributed by atoms with E-state index in [1.165, 1.54) is 29.8 Å². The number of carbonyl (C=O) groups is 2. The molecule has 0 fully saturated rings. The van der Waals surface area contributed by atoms with Crippen molar-refractivity contribution in [3.8, 4) is 0 Å². The zero-order valence-electron chi connectivity index (χ0n) is 17.3. The second-order valence-corrected chi connectivity index (χ2v) is 7.78. The number of alkyl halides is 3. The van der Waals surface area contributed by atoms with Crippen LogP contribution in [0.3, 0.4) is 0 Å². The number of esters is 1. The van der Waals surface area contributed by atoms with Gasteiger partial charge in [-0.15, -0.1) is 11.3 Å². The number of carbonyl (C=O) groups excluding carboxylic acids is 2. The number of anilines is 2. The summed E-state index contributed by atoms with van der Waals surface area (Å²) in [6, 6.07) is 6.08. The molecular formula is C21H16F3N5O3S. The van der Waals surface area contributed by atoms with Gasteiger partial charge in [0.15, 0.2) is 10.8 Å². The second kappa shape index (κ2) is 8.62. The van der Waals surface area contributed by atoms with Crippen LogP contribution in [0, 0.1) is 6.92 Å². The molecule has 0 aliphatic carbocycles. The highest BCUT2D eigenvalue weighted by atomic mass is 32.1. The van der Waals surface area contributed by atoms with Gasteiger partial charge < -0.3 is 4.74 Å². The number of aromatic nitrogens is 4. The number of thiazole rings is 1. The van der Waals surface area contributed by atoms with Crippen LogP contribution in [0.5, 0.6) is 0 Å². The Bertz CT molecular complexity index is 1350. The number of aryl methyl sites for hydroxylation is 1. The molecule has 0 saturated carbocycles. The molecule has 170 valence electrons. The first-order valence-electron chi connectivity index (χ1n) is 9.54. The quantitative estimate of drug-likeness (QED) is 0.394. The zero-order chi connectivity index (χ0) is 23.8. The summed E-state index contributed by atoms with van der Waals surface area (Å²) in [6.07, 6.45) is -1.36. The summed E-state index contributed by atoms with van der Waals surface area (Å²) in [7, 11) is 0. The van der Waals surface area contributed by atoms with Crippen molar-refractivity contribution in [2.24, 2.45) is 0 Å². The number of rotatable bonds is 5. The van der Waals surface area contributed by atoms with Crippen LogP contribution in [0.2, 0.25) is 0 Å². The van der Waals surface area contributed by atoms with Gasteiger partial charge in [0, 0.05) is 24.7 Å². The van der Waals surface area contributed by atoms with E-state index in [1.807, 2.05) is 0 Å². The van der Waals surface area contributed by atoms with Crippen molar-refractivity contribution in [1.29, 1.82) is 0 Å². The van der Waals surface area contributed by atoms with E-state index in [0.29, 0.717) is 17.0 Å². The second-order valence-electron chi connectivity index (χ2n) is 6.95. The van der Waals surface area contributed by atoms with E-state index in [-0.39, 0.29) is 23.0 Å². The molecular weight excluding hydrogens is 459 g/mol. The topological polar surface area (TPSA) is 89.7 Å². The number of benzene rings is 1. The molecule has 0 unspecified atom stereocenters. The Kier molecular flexibility index (Phi) is 5.85. The van der Waals surface area contributed by atoms with Gasteiger partial charge in [0.1, 0.15) is 12.2 Å². The third kappa shape index (κ3) is 4.55. The van der Waals surface area contributed by atoms with E-state index in [4.69, 9.17) is 4.74 Å². The highest BCUT2D eigenvalue weighted by molar-refractivity contribution is 7.14. The van der Waals surface area contributed by atoms with E-state index in [0.717, 1.165) is 28.4 Å². The summed E-state index contributed by atoms with van der Waals surface area (Å²) in [5.41, 5.74) is 0.512. The minimum atomic E-state index is -4.55. The molecule has 4 rings (SSSR count). The van der Waals surface area contributed by atoms with Gasteiger partial charge in [-0.25, -0.2) is 19.3 Å². The Labute approximate surface area is 189 Å². The molecule has 1 aromatic carbocycles. The van der Waals surface area contributed by atoms with Gasteiger partial charge in [-0.1, -0.05) is 6.07 Å². The van der Waals surface area contributed by atoms with Crippen LogP contribution in [0.1, 0.15) is 34.2 Å². The molecule has 12 heteroatoms. The third-order valence-electron chi connectivity index (χ3n) is 4.60. The largest absolute Gasteiger partial charge is 0.455 e. The average molecular weight is 475 g/mol. The molecule has 0 atom stereocenters. The monoisotopic (exact) mass is 475 g/mol. The molecule has 1 amide bonds. The Balaban J connectivity index is 1.53. The molecule has 0 saturated heterocycles. The predicted molar refractivity (Wildman–Crippen MR) is 113 cm³/mol. The Morgan fingerprint density at radius 3 is 2.76 bits per heavy atom. The van der Waals surface area contributed by atoms with Crippen LogP contribution in [-0.2, 0) is 22.3 Å². The molecule has 0 spiro atoms. The van der Waals surface area contributed by atoms with Gasteiger partial charge in [0.05, 0.1) is 22.6 Å². The van der Waals surface area contributed by atoms with Crippen molar-refractivity contribution in [1.82, 2.24) is 19.6 Å². The molecule has 0 N–H and O–H groups in total. The maximum absolute atomic E-state index is 13.1. The molecule has 3 heterocycles. The predicted octanol–water partition coefficient (Wildman–Crippen LogP) is 4.55. The SMILES string of the molecule is CC(=O)N(c1cccc(C(F)(F)F)c1)c1nc(COC(=O)c2c(C)nn3cccnc23)cs1. The fraction of sp³-hybridized carbons (Fsp3) is 0.190. The lowest BCUT2D eigenvalue weighted by atomic mass is 10.2. The Hall–Kier alpha value is -3.80. The highest BCUT2D eigenvalue weighted by Crippen LogP contribution is 2.35. The number of nitrogens with zero attached hydrogens (tertiary/aromatic N) is 5. The molecule has 3 aromatic heterocycles. The van der Waals surface area contributed by atoms with E-state index in [1.54, 1.807) is 24.6 Å². The standard InChI is InChI=1S/C21H16F3N5O3S/c1-12-17(18-25-7-4-8-28(18)27-12)19(31)32-10-15-11-33-20(26-15)29(13(2)30)16-6-3-5-14(9-16)21(22,23)24/h3-9,11H,10H2,1-2H3. The molecule has 4 aromatic rings. The highest BCUT2D eigenvalue weighted by Gasteiger charge is 2.31. The lowest BCUT2D eigenvalue weighted by Crippen LogP contribution is -2.23. The Morgan fingerprint density at radius 1 is 1.24 bits per heavy atom. The van der Waals surface area contributed by atoms with Crippen molar-refractivity contribution in [3.05, 3.63) is 70.6 Å². The van der Waals surface area contributed by atoms with Gasteiger partial charge in [-0.2, -0.15) is 18.3 Å². The van der Waals surface area contributed by atoms with Crippen molar-refractivity contribution >= 4 is 39.7 Å². The number of fused-ring (bicyclic) bond motifs is 1. The number of amides is 1. The van der Waals surface area contributed by atoms with Gasteiger partial charge >= 0.3 is 12.1 Å². The molecule has 0 aliphatic heterocycles. The number of halogens is 3. The maximum atomic E-state index is 13.1. The first-order valence-corrected chi connectivity index (χ1v) is 10.4. The first kappa shape index (κ1) is 22.4. The van der Waals surface area contributed by atoms with E-state index < -0.39 is 23.6 Å². The summed E-state index contributed by atoms with van der Waals surface area (Å²) >= 11 is 1.04. The average Bonchev–Trinajstić information content (AvgIpc) is 3.35.